The highest BCUT2D eigenvalue weighted by Crippen LogP contribution is 2.35. The first-order valence-electron chi connectivity index (χ1n) is 8.20. The Labute approximate surface area is 158 Å². The molecule has 0 aliphatic carbocycles. The Balaban J connectivity index is 1.98. The number of aliphatic hydroxyl groups is 1. The van der Waals surface area contributed by atoms with Gasteiger partial charge in [0.2, 0.25) is 0 Å². The van der Waals surface area contributed by atoms with Gasteiger partial charge in [-0.3, -0.25) is 15.1 Å². The summed E-state index contributed by atoms with van der Waals surface area (Å²) < 4.78 is 39.3. The number of aliphatic hydroxyl groups excluding tert-OH is 1. The minimum atomic E-state index is -1.19. The topological polar surface area (TPSA) is 94.7 Å². The molecule has 0 atom stereocenters. The molecule has 9 heteroatoms. The number of nitrogens with zero attached hydrogens (tertiary/aromatic N) is 2. The summed E-state index contributed by atoms with van der Waals surface area (Å²) in [4.78, 5) is 14.0. The Morgan fingerprint density at radius 3 is 2.46 bits per heavy atom. The molecule has 0 saturated carbocycles. The number of ether oxygens (including phenoxy) is 2. The molecule has 28 heavy (non-hydrogen) atoms. The number of benzene rings is 2. The van der Waals surface area contributed by atoms with Gasteiger partial charge in [-0.2, -0.15) is 0 Å². The number of rotatable bonds is 6. The summed E-state index contributed by atoms with van der Waals surface area (Å²) in [7, 11) is 0. The average Bonchev–Trinajstić information content (AvgIpc) is 2.64. The molecule has 0 spiro atoms. The molecule has 3 aromatic rings. The van der Waals surface area contributed by atoms with Crippen LogP contribution in [-0.2, 0) is 0 Å². The fourth-order valence-electron chi connectivity index (χ4n) is 2.46. The quantitative estimate of drug-likeness (QED) is 0.496. The van der Waals surface area contributed by atoms with Gasteiger partial charge in [-0.1, -0.05) is 0 Å². The van der Waals surface area contributed by atoms with Crippen LogP contribution >= 0.6 is 0 Å². The van der Waals surface area contributed by atoms with Crippen molar-refractivity contribution in [3.8, 4) is 17.2 Å². The third-order valence-corrected chi connectivity index (χ3v) is 3.85. The van der Waals surface area contributed by atoms with E-state index in [0.717, 1.165) is 0 Å². The maximum Gasteiger partial charge on any atom is 0.275 e. The smallest absolute Gasteiger partial charge is 0.275 e. The van der Waals surface area contributed by atoms with E-state index in [1.54, 1.807) is 32.0 Å². The van der Waals surface area contributed by atoms with Crippen LogP contribution in [0.25, 0.3) is 10.9 Å². The fourth-order valence-corrected chi connectivity index (χ4v) is 2.46. The summed E-state index contributed by atoms with van der Waals surface area (Å²) in [6, 6.07) is 7.40. The molecule has 0 unspecified atom stereocenters. The second-order valence-corrected chi connectivity index (χ2v) is 6.61. The Bertz CT molecular complexity index is 1030. The lowest BCUT2D eigenvalue weighted by molar-refractivity contribution is -0.385. The molecule has 7 nitrogen and oxygen atoms in total. The van der Waals surface area contributed by atoms with Gasteiger partial charge in [0.25, 0.3) is 5.69 Å². The molecule has 146 valence electrons. The number of nitro benzene ring substituents is 1. The minimum Gasteiger partial charge on any atom is -0.485 e. The van der Waals surface area contributed by atoms with Gasteiger partial charge < -0.3 is 14.6 Å². The van der Waals surface area contributed by atoms with Crippen LogP contribution in [0.2, 0.25) is 0 Å². The predicted molar refractivity (Wildman–Crippen MR) is 96.6 cm³/mol. The number of nitro groups is 1. The van der Waals surface area contributed by atoms with Gasteiger partial charge in [0, 0.05) is 17.6 Å². The first kappa shape index (κ1) is 19.4. The maximum absolute atomic E-state index is 14.1. The van der Waals surface area contributed by atoms with E-state index in [1.807, 2.05) is 0 Å². The standard InChI is InChI=1S/C19H16F2N2O5/c1-19(2,10-24)28-12-3-4-13-16(9-12)22-6-5-17(13)27-18-14(20)7-11(23(25)26)8-15(18)21/h3-9,24H,10H2,1-2H3. The second kappa shape index (κ2) is 7.35. The molecule has 0 amide bonds. The average molecular weight is 390 g/mol. The molecule has 3 rings (SSSR count). The van der Waals surface area contributed by atoms with Crippen molar-refractivity contribution in [3.63, 3.8) is 0 Å². The number of aromatic nitrogens is 1. The zero-order valence-corrected chi connectivity index (χ0v) is 15.0. The van der Waals surface area contributed by atoms with Crippen molar-refractivity contribution in [2.75, 3.05) is 6.61 Å². The monoisotopic (exact) mass is 390 g/mol. The molecule has 1 aromatic heterocycles. The number of hydrogen-bond donors (Lipinski definition) is 1. The van der Waals surface area contributed by atoms with E-state index in [-0.39, 0.29) is 12.4 Å². The van der Waals surface area contributed by atoms with E-state index in [9.17, 15) is 24.0 Å². The lowest BCUT2D eigenvalue weighted by atomic mass is 10.1. The molecule has 0 saturated heterocycles. The number of pyridine rings is 1. The molecule has 2 aromatic carbocycles. The molecular weight excluding hydrogens is 374 g/mol. The van der Waals surface area contributed by atoms with Gasteiger partial charge in [-0.25, -0.2) is 8.78 Å². The van der Waals surface area contributed by atoms with Gasteiger partial charge in [0.15, 0.2) is 17.4 Å². The Morgan fingerprint density at radius 1 is 1.18 bits per heavy atom. The summed E-state index contributed by atoms with van der Waals surface area (Å²) >= 11 is 0. The zero-order chi connectivity index (χ0) is 20.5. The SMILES string of the molecule is CC(C)(CO)Oc1ccc2c(Oc3c(F)cc([N+](=O)[O-])cc3F)ccnc2c1. The van der Waals surface area contributed by atoms with E-state index in [1.165, 1.54) is 12.3 Å². The van der Waals surface area contributed by atoms with Crippen molar-refractivity contribution in [1.82, 2.24) is 4.98 Å². The van der Waals surface area contributed by atoms with Crippen LogP contribution in [0, 0.1) is 21.7 Å². The first-order valence-corrected chi connectivity index (χ1v) is 8.20. The molecule has 0 aliphatic heterocycles. The Kier molecular flexibility index (Phi) is 5.10. The maximum atomic E-state index is 14.1. The van der Waals surface area contributed by atoms with Crippen molar-refractivity contribution in [2.24, 2.45) is 0 Å². The summed E-state index contributed by atoms with van der Waals surface area (Å²) in [5.41, 5.74) is -1.08. The van der Waals surface area contributed by atoms with Crippen molar-refractivity contribution in [3.05, 3.63) is 64.3 Å². The summed E-state index contributed by atoms with van der Waals surface area (Å²) in [6.07, 6.45) is 1.39. The van der Waals surface area contributed by atoms with Crippen molar-refractivity contribution < 1.29 is 28.3 Å². The third kappa shape index (κ3) is 3.99. The summed E-state index contributed by atoms with van der Waals surface area (Å²) in [5, 5.41) is 20.5. The molecule has 0 aliphatic rings. The summed E-state index contributed by atoms with van der Waals surface area (Å²) in [6.45, 7) is 3.23. The zero-order valence-electron chi connectivity index (χ0n) is 15.0. The molecule has 0 fully saturated rings. The van der Waals surface area contributed by atoms with E-state index >= 15 is 0 Å². The number of fused-ring (bicyclic) bond motifs is 1. The van der Waals surface area contributed by atoms with Gasteiger partial charge in [-0.15, -0.1) is 0 Å². The van der Waals surface area contributed by atoms with Gasteiger partial charge in [-0.05, 0) is 32.0 Å². The third-order valence-electron chi connectivity index (χ3n) is 3.85. The lowest BCUT2D eigenvalue weighted by Gasteiger charge is -2.24. The van der Waals surface area contributed by atoms with Crippen LogP contribution in [0.4, 0.5) is 14.5 Å². The van der Waals surface area contributed by atoms with Crippen molar-refractivity contribution in [2.45, 2.75) is 19.4 Å². The molecule has 0 bridgehead atoms. The molecule has 1 N–H and O–H groups in total. The predicted octanol–water partition coefficient (Wildman–Crippen LogP) is 4.36. The van der Waals surface area contributed by atoms with E-state index in [2.05, 4.69) is 4.98 Å². The number of hydrogen-bond acceptors (Lipinski definition) is 6. The highest BCUT2D eigenvalue weighted by molar-refractivity contribution is 5.86. The van der Waals surface area contributed by atoms with Crippen LogP contribution in [0.3, 0.4) is 0 Å². The van der Waals surface area contributed by atoms with Crippen LogP contribution in [0.15, 0.2) is 42.6 Å². The largest absolute Gasteiger partial charge is 0.485 e. The normalized spacial score (nSPS) is 11.5. The lowest BCUT2D eigenvalue weighted by Crippen LogP contribution is -2.32. The van der Waals surface area contributed by atoms with E-state index < -0.39 is 33.6 Å². The molecule has 0 radical (unpaired) electrons. The van der Waals surface area contributed by atoms with Crippen LogP contribution in [-0.4, -0.2) is 27.2 Å². The molecule has 1 heterocycles. The van der Waals surface area contributed by atoms with Gasteiger partial charge in [0.1, 0.15) is 17.1 Å². The van der Waals surface area contributed by atoms with Gasteiger partial charge >= 0.3 is 0 Å². The van der Waals surface area contributed by atoms with Crippen LogP contribution < -0.4 is 9.47 Å². The van der Waals surface area contributed by atoms with Crippen molar-refractivity contribution >= 4 is 16.6 Å². The Morgan fingerprint density at radius 2 is 1.86 bits per heavy atom. The van der Waals surface area contributed by atoms with Gasteiger partial charge in [0.05, 0.1) is 29.2 Å². The molecular formula is C19H16F2N2O5. The number of halogens is 2. The van der Waals surface area contributed by atoms with E-state index in [4.69, 9.17) is 9.47 Å². The highest BCUT2D eigenvalue weighted by atomic mass is 19.1. The fraction of sp³-hybridized carbons (Fsp3) is 0.211. The van der Waals surface area contributed by atoms with Crippen LogP contribution in [0.5, 0.6) is 17.2 Å². The highest BCUT2D eigenvalue weighted by Gasteiger charge is 2.21. The number of non-ortho nitro benzene ring substituents is 1. The van der Waals surface area contributed by atoms with Crippen molar-refractivity contribution in [1.29, 1.82) is 0 Å². The first-order chi connectivity index (χ1) is 13.2. The van der Waals surface area contributed by atoms with E-state index in [0.29, 0.717) is 28.8 Å². The second-order valence-electron chi connectivity index (χ2n) is 6.61. The van der Waals surface area contributed by atoms with Crippen LogP contribution in [0.1, 0.15) is 13.8 Å². The minimum absolute atomic E-state index is 0.115. The summed E-state index contributed by atoms with van der Waals surface area (Å²) in [5.74, 6) is -2.57. The Hall–Kier alpha value is -3.33.